The van der Waals surface area contributed by atoms with Crippen molar-refractivity contribution >= 4 is 40.6 Å². The fraction of sp³-hybridized carbons (Fsp3) is 0.375. The molecular formula is C16H18ClN5O3. The molecule has 1 aromatic heterocycles. The van der Waals surface area contributed by atoms with Gasteiger partial charge in [-0.15, -0.1) is 5.10 Å². The van der Waals surface area contributed by atoms with Crippen LogP contribution in [-0.2, 0) is 11.8 Å². The summed E-state index contributed by atoms with van der Waals surface area (Å²) in [5.74, 6) is 0.919. The first kappa shape index (κ1) is 17.2. The second-order valence-corrected chi connectivity index (χ2v) is 5.96. The van der Waals surface area contributed by atoms with Gasteiger partial charge in [0.25, 0.3) is 5.82 Å². The largest absolute Gasteiger partial charge is 0.600 e. The number of hydrogen-bond acceptors (Lipinski definition) is 7. The molecule has 0 aliphatic carbocycles. The average Bonchev–Trinajstić information content (AvgIpc) is 2.57. The van der Waals surface area contributed by atoms with Gasteiger partial charge in [-0.3, -0.25) is 0 Å². The summed E-state index contributed by atoms with van der Waals surface area (Å²) < 4.78 is 12.4. The molecule has 0 atom stereocenters. The molecule has 1 aliphatic heterocycles. The van der Waals surface area contributed by atoms with Crippen molar-refractivity contribution in [2.45, 2.75) is 19.8 Å². The van der Waals surface area contributed by atoms with Crippen molar-refractivity contribution in [2.24, 2.45) is 17.1 Å². The van der Waals surface area contributed by atoms with Crippen LogP contribution in [-0.4, -0.2) is 30.7 Å². The highest BCUT2D eigenvalue weighted by atomic mass is 35.5. The molecule has 0 radical (unpaired) electrons. The first-order valence-corrected chi connectivity index (χ1v) is 8.25. The highest BCUT2D eigenvalue weighted by Crippen LogP contribution is 2.28. The van der Waals surface area contributed by atoms with Crippen molar-refractivity contribution in [1.82, 2.24) is 4.98 Å². The van der Waals surface area contributed by atoms with Crippen LogP contribution in [0.5, 0.6) is 5.88 Å². The zero-order valence-electron chi connectivity index (χ0n) is 14.2. The topological polar surface area (TPSA) is 86.2 Å². The van der Waals surface area contributed by atoms with E-state index in [1.807, 2.05) is 20.0 Å². The van der Waals surface area contributed by atoms with Crippen molar-refractivity contribution < 1.29 is 19.1 Å². The standard InChI is InChI=1S/C16H18ClN5O3/c1-4-5-8-24-16(23)19-15-20-22(3)13-14(25-15)21(2)12-9-10(17)6-7-11(12)18-13/h6-7,9H,4-5,8H2,1-3H3. The van der Waals surface area contributed by atoms with Gasteiger partial charge >= 0.3 is 11.9 Å². The monoisotopic (exact) mass is 363 g/mol. The number of hydrazone groups is 1. The minimum atomic E-state index is -0.733. The minimum absolute atomic E-state index is 0.102. The third-order valence-electron chi connectivity index (χ3n) is 3.66. The predicted octanol–water partition coefficient (Wildman–Crippen LogP) is 1.35. The summed E-state index contributed by atoms with van der Waals surface area (Å²) in [4.78, 5) is 8.28. The highest BCUT2D eigenvalue weighted by Gasteiger charge is 2.30. The van der Waals surface area contributed by atoms with Crippen LogP contribution in [0.25, 0.3) is 11.0 Å². The van der Waals surface area contributed by atoms with E-state index in [0.29, 0.717) is 23.3 Å². The first-order chi connectivity index (χ1) is 12.0. The molecule has 0 bridgehead atoms. The molecule has 0 saturated carbocycles. The molecule has 2 aromatic rings. The van der Waals surface area contributed by atoms with Crippen LogP contribution in [0.1, 0.15) is 19.8 Å². The molecule has 1 aliphatic rings. The molecular weight excluding hydrogens is 346 g/mol. The van der Waals surface area contributed by atoms with E-state index in [4.69, 9.17) is 21.1 Å². The van der Waals surface area contributed by atoms with Crippen LogP contribution in [0.3, 0.4) is 0 Å². The number of halogens is 1. The Morgan fingerprint density at radius 3 is 3.04 bits per heavy atom. The van der Waals surface area contributed by atoms with Crippen LogP contribution in [0, 0.1) is 0 Å². The number of fused-ring (bicyclic) bond motifs is 2. The van der Waals surface area contributed by atoms with Gasteiger partial charge in [0.15, 0.2) is 6.08 Å². The van der Waals surface area contributed by atoms with E-state index in [2.05, 4.69) is 15.1 Å². The average molecular weight is 364 g/mol. The van der Waals surface area contributed by atoms with E-state index in [1.165, 1.54) is 5.01 Å². The number of aliphatic imine (C=N–C) groups is 1. The molecule has 132 valence electrons. The number of benzene rings is 1. The molecule has 0 amide bonds. The molecule has 9 heteroatoms. The Kier molecular flexibility index (Phi) is 4.89. The smallest absolute Gasteiger partial charge is 0.422 e. The molecule has 0 unspecified atom stereocenters. The van der Waals surface area contributed by atoms with Crippen LogP contribution in [0.4, 0.5) is 5.82 Å². The lowest BCUT2D eigenvalue weighted by molar-refractivity contribution is -0.648. The summed E-state index contributed by atoms with van der Waals surface area (Å²) >= 11 is 6.06. The number of aromatic nitrogens is 2. The van der Waals surface area contributed by atoms with Crippen molar-refractivity contribution in [3.63, 3.8) is 0 Å². The minimum Gasteiger partial charge on any atom is -0.600 e. The van der Waals surface area contributed by atoms with Crippen molar-refractivity contribution in [1.29, 1.82) is 0 Å². The third kappa shape index (κ3) is 3.58. The quantitative estimate of drug-likeness (QED) is 0.355. The number of nitrogens with zero attached hydrogens (tertiary/aromatic N) is 5. The number of ether oxygens (including phenoxy) is 2. The van der Waals surface area contributed by atoms with Crippen molar-refractivity contribution in [3.05, 3.63) is 23.2 Å². The van der Waals surface area contributed by atoms with Gasteiger partial charge in [-0.1, -0.05) is 24.9 Å². The summed E-state index contributed by atoms with van der Waals surface area (Å²) in [5, 5.41) is 17.9. The molecule has 0 spiro atoms. The van der Waals surface area contributed by atoms with E-state index >= 15 is 0 Å². The molecule has 0 saturated heterocycles. The Bertz CT molecular complexity index is 868. The molecule has 0 N–H and O–H groups in total. The number of amidine groups is 1. The highest BCUT2D eigenvalue weighted by molar-refractivity contribution is 6.31. The lowest BCUT2D eigenvalue weighted by Gasteiger charge is -2.20. The fourth-order valence-corrected chi connectivity index (χ4v) is 2.51. The summed E-state index contributed by atoms with van der Waals surface area (Å²) in [7, 11) is 3.52. The normalized spacial score (nSPS) is 14.2. The lowest BCUT2D eigenvalue weighted by atomic mass is 10.3. The number of aryl methyl sites for hydroxylation is 1. The Balaban J connectivity index is 1.93. The summed E-state index contributed by atoms with van der Waals surface area (Å²) in [6.07, 6.45) is 0.976. The third-order valence-corrected chi connectivity index (χ3v) is 3.90. The summed E-state index contributed by atoms with van der Waals surface area (Å²) in [5.41, 5.74) is 1.53. The lowest BCUT2D eigenvalue weighted by Crippen LogP contribution is -2.39. The molecule has 0 fully saturated rings. The van der Waals surface area contributed by atoms with Gasteiger partial charge in [0.2, 0.25) is 5.52 Å². The second kappa shape index (κ2) is 7.10. The Hall–Kier alpha value is -2.61. The van der Waals surface area contributed by atoms with Gasteiger partial charge in [0.05, 0.1) is 0 Å². The zero-order valence-corrected chi connectivity index (χ0v) is 14.9. The predicted molar refractivity (Wildman–Crippen MR) is 92.7 cm³/mol. The van der Waals surface area contributed by atoms with Gasteiger partial charge in [-0.2, -0.15) is 9.56 Å². The van der Waals surface area contributed by atoms with E-state index in [9.17, 15) is 5.11 Å². The van der Waals surface area contributed by atoms with Crippen LogP contribution in [0.2, 0.25) is 5.02 Å². The van der Waals surface area contributed by atoms with Gasteiger partial charge in [0, 0.05) is 18.1 Å². The Labute approximate surface area is 150 Å². The van der Waals surface area contributed by atoms with Gasteiger partial charge < -0.3 is 14.6 Å². The van der Waals surface area contributed by atoms with Crippen molar-refractivity contribution in [3.8, 4) is 5.88 Å². The van der Waals surface area contributed by atoms with E-state index < -0.39 is 6.08 Å². The summed E-state index contributed by atoms with van der Waals surface area (Å²) in [6.45, 7) is 2.33. The molecule has 3 rings (SSSR count). The molecule has 8 nitrogen and oxygen atoms in total. The fourth-order valence-electron chi connectivity index (χ4n) is 2.35. The second-order valence-electron chi connectivity index (χ2n) is 5.52. The number of unbranched alkanes of at least 4 members (excludes halogenated alkanes) is 1. The van der Waals surface area contributed by atoms with Crippen LogP contribution < -0.4 is 19.4 Å². The van der Waals surface area contributed by atoms with E-state index in [1.54, 1.807) is 23.7 Å². The van der Waals surface area contributed by atoms with Crippen molar-refractivity contribution in [2.75, 3.05) is 18.7 Å². The number of rotatable bonds is 3. The van der Waals surface area contributed by atoms with Crippen LogP contribution >= 0.6 is 11.6 Å². The Morgan fingerprint density at radius 1 is 1.48 bits per heavy atom. The maximum absolute atomic E-state index is 11.7. The summed E-state index contributed by atoms with van der Waals surface area (Å²) in [6, 6.07) is 5.27. The Morgan fingerprint density at radius 2 is 2.28 bits per heavy atom. The molecule has 2 heterocycles. The van der Waals surface area contributed by atoms with E-state index in [0.717, 1.165) is 23.9 Å². The SMILES string of the molecule is CCCCO/C([O-])=N\C1=NN(C)c2nc3ccc(Cl)cc3[n+](C)c2O1. The van der Waals surface area contributed by atoms with Crippen LogP contribution in [0.15, 0.2) is 28.3 Å². The number of anilines is 1. The van der Waals surface area contributed by atoms with E-state index in [-0.39, 0.29) is 6.02 Å². The first-order valence-electron chi connectivity index (χ1n) is 7.87. The molecule has 25 heavy (non-hydrogen) atoms. The number of hydrogen-bond donors (Lipinski definition) is 0. The molecule has 1 aromatic carbocycles. The van der Waals surface area contributed by atoms with Gasteiger partial charge in [-0.05, 0) is 25.2 Å². The maximum atomic E-state index is 11.7. The zero-order chi connectivity index (χ0) is 18.0. The maximum Gasteiger partial charge on any atom is 0.422 e. The van der Waals surface area contributed by atoms with Gasteiger partial charge in [0.1, 0.15) is 12.6 Å². The van der Waals surface area contributed by atoms with Gasteiger partial charge in [-0.25, -0.2) is 9.99 Å².